The third kappa shape index (κ3) is 2.17. The summed E-state index contributed by atoms with van der Waals surface area (Å²) in [5.41, 5.74) is 8.73. The molecule has 18 heavy (non-hydrogen) atoms. The van der Waals surface area contributed by atoms with Crippen molar-refractivity contribution in [3.8, 4) is 0 Å². The van der Waals surface area contributed by atoms with Crippen molar-refractivity contribution in [2.45, 2.75) is 6.42 Å². The second-order valence-electron chi connectivity index (χ2n) is 4.15. The number of fused-ring (bicyclic) bond motifs is 1. The molecule has 1 aromatic carbocycles. The van der Waals surface area contributed by atoms with E-state index in [9.17, 15) is 0 Å². The summed E-state index contributed by atoms with van der Waals surface area (Å²) in [7, 11) is 0. The minimum Gasteiger partial charge on any atom is -0.397 e. The van der Waals surface area contributed by atoms with Crippen LogP contribution in [0.1, 0.15) is 4.88 Å². The molecular formula is C13H14N4S. The fourth-order valence-corrected chi connectivity index (χ4v) is 2.65. The average molecular weight is 258 g/mol. The number of hydrogen-bond donors (Lipinski definition) is 3. The number of thiophene rings is 1. The van der Waals surface area contributed by atoms with E-state index in [1.165, 1.54) is 4.88 Å². The minimum atomic E-state index is 0.759. The van der Waals surface area contributed by atoms with Crippen LogP contribution in [0.25, 0.3) is 10.9 Å². The van der Waals surface area contributed by atoms with Crippen molar-refractivity contribution in [2.24, 2.45) is 0 Å². The Hall–Kier alpha value is -2.01. The predicted molar refractivity (Wildman–Crippen MR) is 77.0 cm³/mol. The lowest BCUT2D eigenvalue weighted by Crippen LogP contribution is -2.06. The van der Waals surface area contributed by atoms with Gasteiger partial charge in [-0.15, -0.1) is 11.3 Å². The lowest BCUT2D eigenvalue weighted by atomic mass is 10.2. The third-order valence-corrected chi connectivity index (χ3v) is 3.81. The highest BCUT2D eigenvalue weighted by Gasteiger charge is 2.03. The molecule has 0 saturated heterocycles. The normalized spacial score (nSPS) is 10.9. The first kappa shape index (κ1) is 11.1. The van der Waals surface area contributed by atoms with Gasteiger partial charge in [-0.25, -0.2) is 0 Å². The summed E-state index contributed by atoms with van der Waals surface area (Å²) in [6.45, 7) is 0.879. The van der Waals surface area contributed by atoms with Gasteiger partial charge in [-0.3, -0.25) is 5.10 Å². The molecule has 0 atom stereocenters. The Morgan fingerprint density at radius 2 is 2.33 bits per heavy atom. The second kappa shape index (κ2) is 4.70. The van der Waals surface area contributed by atoms with Crippen molar-refractivity contribution in [3.05, 3.63) is 40.7 Å². The number of aromatic nitrogens is 2. The first-order valence-corrected chi connectivity index (χ1v) is 6.70. The maximum atomic E-state index is 6.00. The lowest BCUT2D eigenvalue weighted by molar-refractivity contribution is 1.05. The van der Waals surface area contributed by atoms with E-state index in [1.807, 2.05) is 12.1 Å². The minimum absolute atomic E-state index is 0.759. The number of nitrogens with two attached hydrogens (primary N) is 1. The van der Waals surface area contributed by atoms with Gasteiger partial charge in [0.1, 0.15) is 0 Å². The molecule has 0 aliphatic rings. The SMILES string of the molecule is Nc1cc2cn[nH]c2cc1NCCc1cccs1. The Kier molecular flexibility index (Phi) is 2.90. The molecule has 0 bridgehead atoms. The van der Waals surface area contributed by atoms with Crippen molar-refractivity contribution >= 4 is 33.6 Å². The fourth-order valence-electron chi connectivity index (χ4n) is 1.94. The zero-order chi connectivity index (χ0) is 12.4. The molecule has 0 spiro atoms. The number of aromatic amines is 1. The van der Waals surface area contributed by atoms with Gasteiger partial charge in [0.05, 0.1) is 23.1 Å². The van der Waals surface area contributed by atoms with E-state index < -0.39 is 0 Å². The maximum absolute atomic E-state index is 6.00. The van der Waals surface area contributed by atoms with Crippen molar-refractivity contribution in [1.82, 2.24) is 10.2 Å². The molecule has 4 nitrogen and oxygen atoms in total. The monoisotopic (exact) mass is 258 g/mol. The topological polar surface area (TPSA) is 66.7 Å². The van der Waals surface area contributed by atoms with Crippen molar-refractivity contribution < 1.29 is 0 Å². The zero-order valence-corrected chi connectivity index (χ0v) is 10.6. The van der Waals surface area contributed by atoms with Gasteiger partial charge in [0, 0.05) is 16.8 Å². The molecule has 0 aliphatic heterocycles. The highest BCUT2D eigenvalue weighted by Crippen LogP contribution is 2.24. The first-order chi connectivity index (χ1) is 8.83. The van der Waals surface area contributed by atoms with Crippen molar-refractivity contribution in [3.63, 3.8) is 0 Å². The molecule has 0 unspecified atom stereocenters. The Balaban J connectivity index is 1.71. The van der Waals surface area contributed by atoms with Crippen LogP contribution in [0.3, 0.4) is 0 Å². The molecule has 0 fully saturated rings. The number of nitrogens with one attached hydrogen (secondary N) is 2. The van der Waals surface area contributed by atoms with Crippen LogP contribution < -0.4 is 11.1 Å². The molecule has 4 N–H and O–H groups in total. The summed E-state index contributed by atoms with van der Waals surface area (Å²) in [6.07, 6.45) is 2.79. The number of nitrogen functional groups attached to an aromatic ring is 1. The largest absolute Gasteiger partial charge is 0.397 e. The van der Waals surface area contributed by atoms with Gasteiger partial charge in [-0.05, 0) is 30.0 Å². The van der Waals surface area contributed by atoms with Gasteiger partial charge < -0.3 is 11.1 Å². The molecule has 0 aliphatic carbocycles. The molecule has 5 heteroatoms. The Morgan fingerprint density at radius 3 is 3.17 bits per heavy atom. The van der Waals surface area contributed by atoms with Gasteiger partial charge in [0.15, 0.2) is 0 Å². The van der Waals surface area contributed by atoms with E-state index in [2.05, 4.69) is 33.0 Å². The van der Waals surface area contributed by atoms with Gasteiger partial charge in [0.2, 0.25) is 0 Å². The van der Waals surface area contributed by atoms with E-state index in [4.69, 9.17) is 5.73 Å². The molecule has 0 amide bonds. The second-order valence-corrected chi connectivity index (χ2v) is 5.19. The number of rotatable bonds is 4. The Labute approximate surface area is 109 Å². The van der Waals surface area contributed by atoms with Gasteiger partial charge in [0.25, 0.3) is 0 Å². The first-order valence-electron chi connectivity index (χ1n) is 5.82. The molecule has 0 saturated carbocycles. The molecular weight excluding hydrogens is 244 g/mol. The molecule has 0 radical (unpaired) electrons. The molecule has 3 rings (SSSR count). The number of nitrogens with zero attached hydrogens (tertiary/aromatic N) is 1. The van der Waals surface area contributed by atoms with Crippen LogP contribution in [-0.2, 0) is 6.42 Å². The summed E-state index contributed by atoms with van der Waals surface area (Å²) in [5, 5.41) is 13.4. The van der Waals surface area contributed by atoms with Gasteiger partial charge in [-0.1, -0.05) is 6.07 Å². The van der Waals surface area contributed by atoms with E-state index in [-0.39, 0.29) is 0 Å². The highest BCUT2D eigenvalue weighted by atomic mass is 32.1. The summed E-state index contributed by atoms with van der Waals surface area (Å²) >= 11 is 1.78. The van der Waals surface area contributed by atoms with Gasteiger partial charge in [-0.2, -0.15) is 5.10 Å². The van der Waals surface area contributed by atoms with Crippen LogP contribution in [0.15, 0.2) is 35.8 Å². The average Bonchev–Trinajstić information content (AvgIpc) is 3.00. The number of anilines is 2. The van der Waals surface area contributed by atoms with E-state index in [0.717, 1.165) is 35.2 Å². The zero-order valence-electron chi connectivity index (χ0n) is 9.81. The number of hydrogen-bond acceptors (Lipinski definition) is 4. The highest BCUT2D eigenvalue weighted by molar-refractivity contribution is 7.09. The lowest BCUT2D eigenvalue weighted by Gasteiger charge is -2.08. The van der Waals surface area contributed by atoms with E-state index in [0.29, 0.717) is 0 Å². The summed E-state index contributed by atoms with van der Waals surface area (Å²) < 4.78 is 0. The predicted octanol–water partition coefficient (Wildman–Crippen LogP) is 2.86. The van der Waals surface area contributed by atoms with E-state index in [1.54, 1.807) is 17.5 Å². The quantitative estimate of drug-likeness (QED) is 0.630. The van der Waals surface area contributed by atoms with E-state index >= 15 is 0 Å². The standard InChI is InChI=1S/C13H14N4S/c14-11-6-9-8-16-17-12(9)7-13(11)15-4-3-10-2-1-5-18-10/h1-2,5-8,15H,3-4,14H2,(H,16,17). The fraction of sp³-hybridized carbons (Fsp3) is 0.154. The van der Waals surface area contributed by atoms with Crippen LogP contribution in [0.5, 0.6) is 0 Å². The molecule has 2 aromatic heterocycles. The Morgan fingerprint density at radius 1 is 1.39 bits per heavy atom. The molecule has 2 heterocycles. The molecule has 3 aromatic rings. The molecule has 92 valence electrons. The summed E-state index contributed by atoms with van der Waals surface area (Å²) in [4.78, 5) is 1.38. The Bertz CT molecular complexity index is 642. The van der Waals surface area contributed by atoms with Crippen molar-refractivity contribution in [2.75, 3.05) is 17.6 Å². The smallest absolute Gasteiger partial charge is 0.0672 e. The number of benzene rings is 1. The maximum Gasteiger partial charge on any atom is 0.0672 e. The van der Waals surface area contributed by atoms with Crippen LogP contribution >= 0.6 is 11.3 Å². The van der Waals surface area contributed by atoms with Crippen LogP contribution in [0, 0.1) is 0 Å². The van der Waals surface area contributed by atoms with Crippen molar-refractivity contribution in [1.29, 1.82) is 0 Å². The number of H-pyrrole nitrogens is 1. The summed E-state index contributed by atoms with van der Waals surface area (Å²) in [6, 6.07) is 8.16. The van der Waals surface area contributed by atoms with Crippen LogP contribution in [0.4, 0.5) is 11.4 Å². The third-order valence-electron chi connectivity index (χ3n) is 2.88. The summed E-state index contributed by atoms with van der Waals surface area (Å²) in [5.74, 6) is 0. The van der Waals surface area contributed by atoms with Gasteiger partial charge >= 0.3 is 0 Å². The van der Waals surface area contributed by atoms with Crippen LogP contribution in [-0.4, -0.2) is 16.7 Å². The van der Waals surface area contributed by atoms with Crippen LogP contribution in [0.2, 0.25) is 0 Å².